The van der Waals surface area contributed by atoms with Crippen LogP contribution >= 0.6 is 0 Å². The van der Waals surface area contributed by atoms with Gasteiger partial charge < -0.3 is 4.55 Å². The average molecular weight is 297 g/mol. The van der Waals surface area contributed by atoms with Crippen molar-refractivity contribution in [1.82, 2.24) is 4.57 Å². The van der Waals surface area contributed by atoms with Crippen molar-refractivity contribution >= 4 is 22.1 Å². The second-order valence-corrected chi connectivity index (χ2v) is 6.36. The second-order valence-electron chi connectivity index (χ2n) is 4.92. The molecule has 1 heterocycles. The summed E-state index contributed by atoms with van der Waals surface area (Å²) in [7, 11) is 0. The van der Waals surface area contributed by atoms with Crippen molar-refractivity contribution in [3.63, 3.8) is 0 Å². The molecule has 0 bridgehead atoms. The van der Waals surface area contributed by atoms with Gasteiger partial charge in [-0.25, -0.2) is 0 Å². The van der Waals surface area contributed by atoms with Crippen LogP contribution in [0.4, 0.5) is 0 Å². The SMILES string of the molecule is C[S+]([O-])Cc1cc2ccccc2n(-c2ccccc2)c1=O. The van der Waals surface area contributed by atoms with Gasteiger partial charge in [0.05, 0.1) is 17.3 Å². The first-order chi connectivity index (χ1) is 10.2. The van der Waals surface area contributed by atoms with Crippen molar-refractivity contribution in [1.29, 1.82) is 0 Å². The number of pyridine rings is 1. The van der Waals surface area contributed by atoms with E-state index in [9.17, 15) is 9.35 Å². The molecule has 0 aliphatic carbocycles. The molecule has 1 atom stereocenters. The van der Waals surface area contributed by atoms with E-state index in [1.54, 1.807) is 10.8 Å². The molecule has 0 saturated carbocycles. The van der Waals surface area contributed by atoms with E-state index < -0.39 is 11.2 Å². The van der Waals surface area contributed by atoms with Crippen LogP contribution < -0.4 is 5.56 Å². The van der Waals surface area contributed by atoms with Crippen LogP contribution in [-0.4, -0.2) is 15.4 Å². The summed E-state index contributed by atoms with van der Waals surface area (Å²) < 4.78 is 13.2. The van der Waals surface area contributed by atoms with Gasteiger partial charge in [-0.15, -0.1) is 0 Å². The van der Waals surface area contributed by atoms with E-state index in [1.165, 1.54) is 0 Å². The first-order valence-corrected chi connectivity index (χ1v) is 8.38. The number of nitrogens with zero attached hydrogens (tertiary/aromatic N) is 1. The van der Waals surface area contributed by atoms with Gasteiger partial charge >= 0.3 is 0 Å². The summed E-state index contributed by atoms with van der Waals surface area (Å²) in [5.74, 6) is 0.274. The minimum atomic E-state index is -1.05. The molecule has 3 aromatic rings. The fourth-order valence-corrected chi connectivity index (χ4v) is 3.12. The van der Waals surface area contributed by atoms with Gasteiger partial charge in [0.25, 0.3) is 5.56 Å². The summed E-state index contributed by atoms with van der Waals surface area (Å²) in [5.41, 5.74) is 2.16. The van der Waals surface area contributed by atoms with Crippen molar-refractivity contribution in [3.8, 4) is 5.69 Å². The molecule has 3 rings (SSSR count). The van der Waals surface area contributed by atoms with Crippen LogP contribution in [0.15, 0.2) is 65.5 Å². The zero-order valence-electron chi connectivity index (χ0n) is 11.7. The molecule has 21 heavy (non-hydrogen) atoms. The second kappa shape index (κ2) is 5.76. The zero-order chi connectivity index (χ0) is 14.8. The van der Waals surface area contributed by atoms with Crippen LogP contribution in [0, 0.1) is 0 Å². The Morgan fingerprint density at radius 1 is 1.05 bits per heavy atom. The van der Waals surface area contributed by atoms with E-state index in [1.807, 2.05) is 60.7 Å². The standard InChI is InChI=1S/C17H15NO2S/c1-21(20)12-14-11-13-7-5-6-10-16(13)18(17(14)19)15-8-3-2-4-9-15/h2-11H,12H2,1H3. The van der Waals surface area contributed by atoms with E-state index in [0.29, 0.717) is 5.56 Å². The van der Waals surface area contributed by atoms with E-state index in [0.717, 1.165) is 16.6 Å². The largest absolute Gasteiger partial charge is 0.616 e. The highest BCUT2D eigenvalue weighted by molar-refractivity contribution is 7.89. The van der Waals surface area contributed by atoms with Crippen LogP contribution in [0.25, 0.3) is 16.6 Å². The van der Waals surface area contributed by atoms with Crippen LogP contribution in [0.2, 0.25) is 0 Å². The minimum Gasteiger partial charge on any atom is -0.616 e. The van der Waals surface area contributed by atoms with Crippen molar-refractivity contribution in [2.75, 3.05) is 6.26 Å². The lowest BCUT2D eigenvalue weighted by Gasteiger charge is -2.13. The van der Waals surface area contributed by atoms with Gasteiger partial charge in [0.1, 0.15) is 5.75 Å². The first kappa shape index (κ1) is 13.9. The Hall–Kier alpha value is -2.04. The van der Waals surface area contributed by atoms with Crippen LogP contribution in [0.5, 0.6) is 0 Å². The number of benzene rings is 2. The fourth-order valence-electron chi connectivity index (χ4n) is 2.47. The Morgan fingerprint density at radius 2 is 1.71 bits per heavy atom. The van der Waals surface area contributed by atoms with Crippen molar-refractivity contribution in [3.05, 3.63) is 76.6 Å². The molecule has 0 aliphatic rings. The summed E-state index contributed by atoms with van der Waals surface area (Å²) in [6.07, 6.45) is 1.61. The summed E-state index contributed by atoms with van der Waals surface area (Å²) >= 11 is -1.05. The quantitative estimate of drug-likeness (QED) is 0.698. The number of fused-ring (bicyclic) bond motifs is 1. The third-order valence-corrected chi connectivity index (χ3v) is 4.08. The first-order valence-electron chi connectivity index (χ1n) is 6.66. The highest BCUT2D eigenvalue weighted by atomic mass is 32.2. The molecule has 1 unspecified atom stereocenters. The maximum atomic E-state index is 12.7. The van der Waals surface area contributed by atoms with Crippen LogP contribution in [0.1, 0.15) is 5.56 Å². The number of hydrogen-bond donors (Lipinski definition) is 0. The lowest BCUT2D eigenvalue weighted by Crippen LogP contribution is -2.24. The monoisotopic (exact) mass is 297 g/mol. The Labute approximate surface area is 126 Å². The van der Waals surface area contributed by atoms with Gasteiger partial charge in [0, 0.05) is 5.69 Å². The molecule has 2 aromatic carbocycles. The van der Waals surface area contributed by atoms with Gasteiger partial charge in [0.15, 0.2) is 0 Å². The Kier molecular flexibility index (Phi) is 3.82. The van der Waals surface area contributed by atoms with E-state index in [-0.39, 0.29) is 11.3 Å². The van der Waals surface area contributed by atoms with E-state index in [2.05, 4.69) is 0 Å². The molecule has 0 N–H and O–H groups in total. The molecular formula is C17H15NO2S. The van der Waals surface area contributed by atoms with Gasteiger partial charge in [0.2, 0.25) is 0 Å². The van der Waals surface area contributed by atoms with Crippen LogP contribution in [0.3, 0.4) is 0 Å². The number of hydrogen-bond acceptors (Lipinski definition) is 2. The molecule has 0 radical (unpaired) electrons. The summed E-state index contributed by atoms with van der Waals surface area (Å²) in [6, 6.07) is 19.1. The molecule has 1 aromatic heterocycles. The summed E-state index contributed by atoms with van der Waals surface area (Å²) in [5, 5.41) is 0.974. The molecule has 4 heteroatoms. The smallest absolute Gasteiger partial charge is 0.263 e. The number of rotatable bonds is 3. The lowest BCUT2D eigenvalue weighted by atomic mass is 10.1. The molecule has 0 amide bonds. The molecule has 0 fully saturated rings. The minimum absolute atomic E-state index is 0.102. The molecule has 0 saturated heterocycles. The van der Waals surface area contributed by atoms with E-state index in [4.69, 9.17) is 0 Å². The summed E-state index contributed by atoms with van der Waals surface area (Å²) in [4.78, 5) is 12.7. The van der Waals surface area contributed by atoms with Gasteiger partial charge in [-0.05, 0) is 29.7 Å². The maximum absolute atomic E-state index is 12.7. The van der Waals surface area contributed by atoms with E-state index >= 15 is 0 Å². The topological polar surface area (TPSA) is 45.1 Å². The fraction of sp³-hybridized carbons (Fsp3) is 0.118. The Morgan fingerprint density at radius 3 is 2.43 bits per heavy atom. The van der Waals surface area contributed by atoms with Crippen molar-refractivity contribution < 1.29 is 4.55 Å². The Bertz CT molecular complexity index is 825. The third kappa shape index (κ3) is 2.73. The van der Waals surface area contributed by atoms with Crippen molar-refractivity contribution in [2.45, 2.75) is 5.75 Å². The zero-order valence-corrected chi connectivity index (χ0v) is 12.5. The Balaban J connectivity index is 2.35. The number of aromatic nitrogens is 1. The molecule has 3 nitrogen and oxygen atoms in total. The molecule has 106 valence electrons. The predicted molar refractivity (Wildman–Crippen MR) is 87.3 cm³/mol. The van der Waals surface area contributed by atoms with Crippen molar-refractivity contribution in [2.24, 2.45) is 0 Å². The predicted octanol–water partition coefficient (Wildman–Crippen LogP) is 2.87. The molecular weight excluding hydrogens is 282 g/mol. The molecule has 0 aliphatic heterocycles. The van der Waals surface area contributed by atoms with Gasteiger partial charge in [-0.2, -0.15) is 0 Å². The normalized spacial score (nSPS) is 12.5. The highest BCUT2D eigenvalue weighted by Crippen LogP contribution is 2.18. The maximum Gasteiger partial charge on any atom is 0.263 e. The van der Waals surface area contributed by atoms with Gasteiger partial charge in [-0.1, -0.05) is 47.6 Å². The van der Waals surface area contributed by atoms with Gasteiger partial charge in [-0.3, -0.25) is 9.36 Å². The average Bonchev–Trinajstić information content (AvgIpc) is 2.48. The summed E-state index contributed by atoms with van der Waals surface area (Å²) in [6.45, 7) is 0. The lowest BCUT2D eigenvalue weighted by molar-refractivity contribution is 0.599. The highest BCUT2D eigenvalue weighted by Gasteiger charge is 2.13. The molecule has 0 spiro atoms. The number of para-hydroxylation sites is 2. The van der Waals surface area contributed by atoms with Crippen LogP contribution in [-0.2, 0) is 16.9 Å². The third-order valence-electron chi connectivity index (χ3n) is 3.36.